The van der Waals surface area contributed by atoms with Gasteiger partial charge in [0.25, 0.3) is 11.6 Å². The second-order valence-electron chi connectivity index (χ2n) is 3.99. The van der Waals surface area contributed by atoms with E-state index in [9.17, 15) is 14.9 Å². The summed E-state index contributed by atoms with van der Waals surface area (Å²) in [4.78, 5) is 22.1. The van der Waals surface area contributed by atoms with Crippen LogP contribution in [0.3, 0.4) is 0 Å². The van der Waals surface area contributed by atoms with E-state index in [1.165, 1.54) is 25.3 Å². The fraction of sp³-hybridized carbons (Fsp3) is 0.0714. The minimum absolute atomic E-state index is 0.0717. The number of methoxy groups -OCH3 is 1. The SMILES string of the molecule is COc1ccc(C(=O)Nc2cccc([N+](=O)[O-])c2)cc1. The summed E-state index contributed by atoms with van der Waals surface area (Å²) >= 11 is 0. The van der Waals surface area contributed by atoms with Crippen molar-refractivity contribution >= 4 is 17.3 Å². The van der Waals surface area contributed by atoms with E-state index in [1.54, 1.807) is 30.3 Å². The Hall–Kier alpha value is -2.89. The molecule has 0 unspecified atom stereocenters. The van der Waals surface area contributed by atoms with Gasteiger partial charge < -0.3 is 10.1 Å². The van der Waals surface area contributed by atoms with Gasteiger partial charge in [0.1, 0.15) is 5.75 Å². The van der Waals surface area contributed by atoms with Gasteiger partial charge in [-0.05, 0) is 30.3 Å². The third-order valence-corrected chi connectivity index (χ3v) is 2.67. The predicted molar refractivity (Wildman–Crippen MR) is 74.0 cm³/mol. The first-order valence-corrected chi connectivity index (χ1v) is 5.80. The van der Waals surface area contributed by atoms with Gasteiger partial charge in [0.2, 0.25) is 0 Å². The van der Waals surface area contributed by atoms with Crippen LogP contribution in [-0.4, -0.2) is 17.9 Å². The summed E-state index contributed by atoms with van der Waals surface area (Å²) < 4.78 is 5.00. The Morgan fingerprint density at radius 3 is 2.50 bits per heavy atom. The number of carbonyl (C=O) groups excluding carboxylic acids is 1. The average molecular weight is 272 g/mol. The van der Waals surface area contributed by atoms with E-state index in [0.29, 0.717) is 17.0 Å². The smallest absolute Gasteiger partial charge is 0.271 e. The maximum absolute atomic E-state index is 12.0. The van der Waals surface area contributed by atoms with Gasteiger partial charge in [-0.25, -0.2) is 0 Å². The highest BCUT2D eigenvalue weighted by atomic mass is 16.6. The fourth-order valence-electron chi connectivity index (χ4n) is 1.64. The Bertz CT molecular complexity index is 638. The number of carbonyl (C=O) groups is 1. The van der Waals surface area contributed by atoms with Crippen LogP contribution >= 0.6 is 0 Å². The standard InChI is InChI=1S/C14H12N2O4/c1-20-13-7-5-10(6-8-13)14(17)15-11-3-2-4-12(9-11)16(18)19/h2-9H,1H3,(H,15,17). The molecule has 0 aromatic heterocycles. The summed E-state index contributed by atoms with van der Waals surface area (Å²) in [7, 11) is 1.54. The largest absolute Gasteiger partial charge is 0.497 e. The Morgan fingerprint density at radius 1 is 1.20 bits per heavy atom. The molecule has 20 heavy (non-hydrogen) atoms. The zero-order chi connectivity index (χ0) is 14.5. The lowest BCUT2D eigenvalue weighted by Crippen LogP contribution is -2.11. The van der Waals surface area contributed by atoms with Crippen LogP contribution in [0.1, 0.15) is 10.4 Å². The van der Waals surface area contributed by atoms with Crippen LogP contribution in [0.25, 0.3) is 0 Å². The first-order valence-electron chi connectivity index (χ1n) is 5.80. The van der Waals surface area contributed by atoms with Crippen LogP contribution in [0.5, 0.6) is 5.75 Å². The summed E-state index contributed by atoms with van der Waals surface area (Å²) in [6.07, 6.45) is 0. The molecule has 6 heteroatoms. The van der Waals surface area contributed by atoms with E-state index in [1.807, 2.05) is 0 Å². The maximum atomic E-state index is 12.0. The molecule has 6 nitrogen and oxygen atoms in total. The first-order chi connectivity index (χ1) is 9.60. The van der Waals surface area contributed by atoms with Gasteiger partial charge >= 0.3 is 0 Å². The lowest BCUT2D eigenvalue weighted by atomic mass is 10.2. The van der Waals surface area contributed by atoms with Gasteiger partial charge in [0.15, 0.2) is 0 Å². The Balaban J connectivity index is 2.14. The zero-order valence-electron chi connectivity index (χ0n) is 10.7. The van der Waals surface area contributed by atoms with E-state index in [0.717, 1.165) is 0 Å². The number of ether oxygens (including phenoxy) is 1. The van der Waals surface area contributed by atoms with Gasteiger partial charge in [-0.1, -0.05) is 6.07 Å². The molecule has 1 amide bonds. The maximum Gasteiger partial charge on any atom is 0.271 e. The average Bonchev–Trinajstić information content (AvgIpc) is 2.47. The Morgan fingerprint density at radius 2 is 1.90 bits per heavy atom. The van der Waals surface area contributed by atoms with Gasteiger partial charge in [0.05, 0.1) is 12.0 Å². The minimum Gasteiger partial charge on any atom is -0.497 e. The minimum atomic E-state index is -0.511. The number of amides is 1. The molecule has 0 heterocycles. The molecule has 0 fully saturated rings. The van der Waals surface area contributed by atoms with Crippen molar-refractivity contribution in [2.24, 2.45) is 0 Å². The van der Waals surface area contributed by atoms with Crippen molar-refractivity contribution in [2.45, 2.75) is 0 Å². The van der Waals surface area contributed by atoms with Crippen LogP contribution in [0.2, 0.25) is 0 Å². The number of benzene rings is 2. The molecule has 102 valence electrons. The van der Waals surface area contributed by atoms with Crippen LogP contribution in [0, 0.1) is 10.1 Å². The van der Waals surface area contributed by atoms with Crippen molar-refractivity contribution in [3.63, 3.8) is 0 Å². The molecule has 0 radical (unpaired) electrons. The normalized spacial score (nSPS) is 9.85. The monoisotopic (exact) mass is 272 g/mol. The van der Waals surface area contributed by atoms with Crippen molar-refractivity contribution < 1.29 is 14.5 Å². The highest BCUT2D eigenvalue weighted by molar-refractivity contribution is 6.04. The second kappa shape index (κ2) is 5.83. The second-order valence-corrected chi connectivity index (χ2v) is 3.99. The summed E-state index contributed by atoms with van der Waals surface area (Å²) in [6.45, 7) is 0. The quantitative estimate of drug-likeness (QED) is 0.685. The fourth-order valence-corrected chi connectivity index (χ4v) is 1.64. The number of nitro groups is 1. The molecule has 0 atom stereocenters. The first kappa shape index (κ1) is 13.5. The molecule has 0 aliphatic heterocycles. The number of non-ortho nitro benzene ring substituents is 1. The van der Waals surface area contributed by atoms with Crippen LogP contribution < -0.4 is 10.1 Å². The lowest BCUT2D eigenvalue weighted by Gasteiger charge is -2.06. The molecule has 2 aromatic rings. The summed E-state index contributed by atoms with van der Waals surface area (Å²) in [5.41, 5.74) is 0.745. The van der Waals surface area contributed by atoms with E-state index < -0.39 is 4.92 Å². The van der Waals surface area contributed by atoms with Crippen molar-refractivity contribution in [1.29, 1.82) is 0 Å². The topological polar surface area (TPSA) is 81.5 Å². The van der Waals surface area contributed by atoms with Crippen molar-refractivity contribution in [3.05, 3.63) is 64.2 Å². The zero-order valence-corrected chi connectivity index (χ0v) is 10.7. The van der Waals surface area contributed by atoms with Crippen molar-refractivity contribution in [3.8, 4) is 5.75 Å². The molecule has 2 aromatic carbocycles. The molecule has 0 saturated carbocycles. The third-order valence-electron chi connectivity index (χ3n) is 2.67. The van der Waals surface area contributed by atoms with Crippen LogP contribution in [-0.2, 0) is 0 Å². The number of anilines is 1. The number of hydrogen-bond donors (Lipinski definition) is 1. The van der Waals surface area contributed by atoms with E-state index in [-0.39, 0.29) is 11.6 Å². The number of nitrogens with one attached hydrogen (secondary N) is 1. The highest BCUT2D eigenvalue weighted by Gasteiger charge is 2.09. The summed E-state index contributed by atoms with van der Waals surface area (Å²) in [5, 5.41) is 13.3. The Labute approximate surface area is 115 Å². The number of nitrogens with zero attached hydrogens (tertiary/aromatic N) is 1. The predicted octanol–water partition coefficient (Wildman–Crippen LogP) is 2.86. The van der Waals surface area contributed by atoms with E-state index in [4.69, 9.17) is 4.74 Å². The molecule has 0 aliphatic carbocycles. The molecular formula is C14H12N2O4. The summed E-state index contributed by atoms with van der Waals surface area (Å²) in [5.74, 6) is 0.310. The Kier molecular flexibility index (Phi) is 3.95. The lowest BCUT2D eigenvalue weighted by molar-refractivity contribution is -0.384. The van der Waals surface area contributed by atoms with Gasteiger partial charge in [0, 0.05) is 23.4 Å². The molecule has 2 rings (SSSR count). The van der Waals surface area contributed by atoms with E-state index >= 15 is 0 Å². The molecule has 0 bridgehead atoms. The van der Waals surface area contributed by atoms with Gasteiger partial charge in [-0.2, -0.15) is 0 Å². The molecule has 0 saturated heterocycles. The highest BCUT2D eigenvalue weighted by Crippen LogP contribution is 2.18. The molecular weight excluding hydrogens is 260 g/mol. The number of nitro benzene ring substituents is 1. The van der Waals surface area contributed by atoms with Gasteiger partial charge in [-0.3, -0.25) is 14.9 Å². The van der Waals surface area contributed by atoms with Crippen LogP contribution in [0.4, 0.5) is 11.4 Å². The van der Waals surface area contributed by atoms with Crippen LogP contribution in [0.15, 0.2) is 48.5 Å². The van der Waals surface area contributed by atoms with E-state index in [2.05, 4.69) is 5.32 Å². The number of rotatable bonds is 4. The molecule has 1 N–H and O–H groups in total. The summed E-state index contributed by atoms with van der Waals surface area (Å²) in [6, 6.07) is 12.3. The van der Waals surface area contributed by atoms with Gasteiger partial charge in [-0.15, -0.1) is 0 Å². The number of hydrogen-bond acceptors (Lipinski definition) is 4. The molecule has 0 spiro atoms. The van der Waals surface area contributed by atoms with Crippen molar-refractivity contribution in [2.75, 3.05) is 12.4 Å². The van der Waals surface area contributed by atoms with Crippen molar-refractivity contribution in [1.82, 2.24) is 0 Å². The molecule has 0 aliphatic rings. The third kappa shape index (κ3) is 3.11.